The van der Waals surface area contributed by atoms with Gasteiger partial charge in [0, 0.05) is 26.1 Å². The normalized spacial score (nSPS) is 26.2. The van der Waals surface area contributed by atoms with E-state index in [0.717, 1.165) is 51.8 Å². The molecule has 0 spiro atoms. The van der Waals surface area contributed by atoms with Crippen molar-refractivity contribution >= 4 is 23.1 Å². The second kappa shape index (κ2) is 6.85. The highest BCUT2D eigenvalue weighted by atomic mass is 32.1. The smallest absolute Gasteiger partial charge is 0.235 e. The zero-order valence-corrected chi connectivity index (χ0v) is 13.2. The van der Waals surface area contributed by atoms with Gasteiger partial charge in [0.25, 0.3) is 0 Å². The largest absolute Gasteiger partial charge is 0.392 e. The third-order valence-corrected chi connectivity index (χ3v) is 5.20. The lowest BCUT2D eigenvalue weighted by Crippen LogP contribution is -2.50. The lowest BCUT2D eigenvalue weighted by atomic mass is 9.79. The molecule has 0 aromatic heterocycles. The van der Waals surface area contributed by atoms with Gasteiger partial charge >= 0.3 is 0 Å². The number of thiocarbonyl (C=S) groups is 1. The molecule has 2 aliphatic rings. The van der Waals surface area contributed by atoms with E-state index in [0.29, 0.717) is 10.9 Å². The second-order valence-corrected chi connectivity index (χ2v) is 6.66. The number of methoxy groups -OCH3 is 1. The van der Waals surface area contributed by atoms with Gasteiger partial charge in [-0.2, -0.15) is 0 Å². The Kier molecular flexibility index (Phi) is 5.38. The maximum Gasteiger partial charge on any atom is 0.235 e. The van der Waals surface area contributed by atoms with Crippen LogP contribution in [0.15, 0.2) is 0 Å². The van der Waals surface area contributed by atoms with E-state index in [1.165, 1.54) is 12.8 Å². The first kappa shape index (κ1) is 15.7. The summed E-state index contributed by atoms with van der Waals surface area (Å²) in [6, 6.07) is 0. The number of likely N-dealkylation sites (tertiary alicyclic amines) is 1. The van der Waals surface area contributed by atoms with Gasteiger partial charge in [0.1, 0.15) is 0 Å². The van der Waals surface area contributed by atoms with Gasteiger partial charge in [0.05, 0.1) is 17.0 Å². The molecule has 1 aliphatic carbocycles. The number of amides is 1. The molecular formula is C15H26N2O2S. The fraction of sp³-hybridized carbons (Fsp3) is 0.867. The van der Waals surface area contributed by atoms with Crippen LogP contribution in [0.25, 0.3) is 0 Å². The molecule has 2 rings (SSSR count). The summed E-state index contributed by atoms with van der Waals surface area (Å²) in [6.07, 6.45) is 7.15. The minimum Gasteiger partial charge on any atom is -0.392 e. The van der Waals surface area contributed by atoms with E-state index in [1.54, 1.807) is 7.11 Å². The number of nitrogens with two attached hydrogens (primary N) is 1. The minimum atomic E-state index is -0.576. The van der Waals surface area contributed by atoms with Crippen LogP contribution in [0.2, 0.25) is 0 Å². The molecule has 0 aromatic carbocycles. The summed E-state index contributed by atoms with van der Waals surface area (Å²) in [6.45, 7) is 2.33. The van der Waals surface area contributed by atoms with Crippen LogP contribution in [-0.4, -0.2) is 42.6 Å². The summed E-state index contributed by atoms with van der Waals surface area (Å²) < 4.78 is 5.20. The second-order valence-electron chi connectivity index (χ2n) is 6.22. The zero-order valence-electron chi connectivity index (χ0n) is 12.4. The highest BCUT2D eigenvalue weighted by Crippen LogP contribution is 2.38. The maximum absolute atomic E-state index is 13.0. The van der Waals surface area contributed by atoms with E-state index in [-0.39, 0.29) is 5.91 Å². The van der Waals surface area contributed by atoms with Crippen LogP contribution in [0.3, 0.4) is 0 Å². The molecule has 1 heterocycles. The van der Waals surface area contributed by atoms with Crippen molar-refractivity contribution in [2.24, 2.45) is 17.1 Å². The van der Waals surface area contributed by atoms with Crippen molar-refractivity contribution in [1.82, 2.24) is 4.90 Å². The number of ether oxygens (including phenoxy) is 1. The molecule has 0 radical (unpaired) electrons. The molecule has 1 aliphatic heterocycles. The Hall–Kier alpha value is -0.680. The van der Waals surface area contributed by atoms with E-state index in [9.17, 15) is 4.79 Å². The molecule has 1 saturated carbocycles. The van der Waals surface area contributed by atoms with Crippen molar-refractivity contribution in [1.29, 1.82) is 0 Å². The van der Waals surface area contributed by atoms with E-state index < -0.39 is 5.41 Å². The predicted octanol–water partition coefficient (Wildman–Crippen LogP) is 2.11. The van der Waals surface area contributed by atoms with Gasteiger partial charge < -0.3 is 15.4 Å². The van der Waals surface area contributed by atoms with Crippen LogP contribution in [0.4, 0.5) is 0 Å². The van der Waals surface area contributed by atoms with Gasteiger partial charge in [0.2, 0.25) is 5.91 Å². The van der Waals surface area contributed by atoms with E-state index in [1.807, 2.05) is 4.90 Å². The van der Waals surface area contributed by atoms with Crippen molar-refractivity contribution in [2.45, 2.75) is 44.9 Å². The van der Waals surface area contributed by atoms with Gasteiger partial charge in [-0.15, -0.1) is 0 Å². The van der Waals surface area contributed by atoms with E-state index >= 15 is 0 Å². The molecular weight excluding hydrogens is 272 g/mol. The molecule has 1 saturated heterocycles. The molecule has 4 nitrogen and oxygen atoms in total. The molecule has 1 atom stereocenters. The van der Waals surface area contributed by atoms with Crippen LogP contribution in [0.5, 0.6) is 0 Å². The molecule has 2 N–H and O–H groups in total. The number of carbonyl (C=O) groups excluding carboxylic acids is 1. The predicted molar refractivity (Wildman–Crippen MR) is 83.5 cm³/mol. The van der Waals surface area contributed by atoms with Crippen molar-refractivity contribution in [3.05, 3.63) is 0 Å². The van der Waals surface area contributed by atoms with Gasteiger partial charge in [-0.1, -0.05) is 37.9 Å². The van der Waals surface area contributed by atoms with Crippen LogP contribution in [0.1, 0.15) is 44.9 Å². The Balaban J connectivity index is 2.09. The SMILES string of the molecule is COCC1CCN(C(=O)C2(C(N)=S)CCCCCC2)C1. The monoisotopic (exact) mass is 298 g/mol. The summed E-state index contributed by atoms with van der Waals surface area (Å²) in [5, 5.41) is 0. The highest BCUT2D eigenvalue weighted by molar-refractivity contribution is 7.80. The van der Waals surface area contributed by atoms with E-state index in [4.69, 9.17) is 22.7 Å². The first-order valence-corrected chi connectivity index (χ1v) is 8.09. The molecule has 1 amide bonds. The van der Waals surface area contributed by atoms with Crippen molar-refractivity contribution < 1.29 is 9.53 Å². The average molecular weight is 298 g/mol. The molecule has 5 heteroatoms. The van der Waals surface area contributed by atoms with Gasteiger partial charge in [-0.05, 0) is 19.3 Å². The Morgan fingerprint density at radius 3 is 2.55 bits per heavy atom. The Labute approximate surface area is 127 Å². The van der Waals surface area contributed by atoms with Crippen molar-refractivity contribution in [3.63, 3.8) is 0 Å². The first-order chi connectivity index (χ1) is 9.60. The zero-order chi connectivity index (χ0) is 14.6. The molecule has 2 fully saturated rings. The molecule has 20 heavy (non-hydrogen) atoms. The van der Waals surface area contributed by atoms with Crippen molar-refractivity contribution in [3.8, 4) is 0 Å². The maximum atomic E-state index is 13.0. The Morgan fingerprint density at radius 2 is 2.00 bits per heavy atom. The van der Waals surface area contributed by atoms with Gasteiger partial charge in [0.15, 0.2) is 0 Å². The molecule has 114 valence electrons. The van der Waals surface area contributed by atoms with Crippen molar-refractivity contribution in [2.75, 3.05) is 26.8 Å². The minimum absolute atomic E-state index is 0.172. The standard InChI is InChI=1S/C15H26N2O2S/c1-19-11-12-6-9-17(10-12)14(18)15(13(16)20)7-4-2-3-5-8-15/h12H,2-11H2,1H3,(H2,16,20). The summed E-state index contributed by atoms with van der Waals surface area (Å²) in [5.74, 6) is 0.628. The van der Waals surface area contributed by atoms with Crippen LogP contribution in [-0.2, 0) is 9.53 Å². The summed E-state index contributed by atoms with van der Waals surface area (Å²) in [7, 11) is 1.71. The molecule has 0 aromatic rings. The van der Waals surface area contributed by atoms with E-state index in [2.05, 4.69) is 0 Å². The highest BCUT2D eigenvalue weighted by Gasteiger charge is 2.45. The number of hydrogen-bond acceptors (Lipinski definition) is 3. The van der Waals surface area contributed by atoms with Crippen LogP contribution in [0, 0.1) is 11.3 Å². The first-order valence-electron chi connectivity index (χ1n) is 7.68. The number of nitrogens with zero attached hydrogens (tertiary/aromatic N) is 1. The average Bonchev–Trinajstić information content (AvgIpc) is 2.74. The summed E-state index contributed by atoms with van der Waals surface area (Å²) in [5.41, 5.74) is 5.42. The Bertz CT molecular complexity index is 365. The third-order valence-electron chi connectivity index (χ3n) is 4.81. The molecule has 1 unspecified atom stereocenters. The van der Waals surface area contributed by atoms with Crippen LogP contribution < -0.4 is 5.73 Å². The number of rotatable bonds is 4. The topological polar surface area (TPSA) is 55.6 Å². The fourth-order valence-electron chi connectivity index (χ4n) is 3.59. The Morgan fingerprint density at radius 1 is 1.35 bits per heavy atom. The van der Waals surface area contributed by atoms with Gasteiger partial charge in [-0.25, -0.2) is 0 Å². The van der Waals surface area contributed by atoms with Gasteiger partial charge in [-0.3, -0.25) is 4.79 Å². The lowest BCUT2D eigenvalue weighted by molar-refractivity contribution is -0.138. The summed E-state index contributed by atoms with van der Waals surface area (Å²) in [4.78, 5) is 15.4. The number of carbonyl (C=O) groups is 1. The number of hydrogen-bond donors (Lipinski definition) is 1. The third kappa shape index (κ3) is 3.14. The summed E-state index contributed by atoms with van der Waals surface area (Å²) >= 11 is 5.29. The lowest BCUT2D eigenvalue weighted by Gasteiger charge is -2.34. The fourth-order valence-corrected chi connectivity index (χ4v) is 3.88. The molecule has 0 bridgehead atoms. The quantitative estimate of drug-likeness (QED) is 0.638. The van der Waals surface area contributed by atoms with Crippen LogP contribution >= 0.6 is 12.2 Å².